The lowest BCUT2D eigenvalue weighted by atomic mass is 10.0. The number of unbranched alkanes of at least 4 members (excludes halogenated alkanes) is 15. The van der Waals surface area contributed by atoms with Crippen LogP contribution in [0.1, 0.15) is 130 Å². The predicted molar refractivity (Wildman–Crippen MR) is 123 cm³/mol. The van der Waals surface area contributed by atoms with Gasteiger partial charge in [0.2, 0.25) is 0 Å². The minimum Gasteiger partial charge on any atom is -0.417 e. The Kier molecular flexibility index (Phi) is 16.3. The number of hydrogen-bond donors (Lipinski definition) is 0. The molecule has 0 unspecified atom stereocenters. The van der Waals surface area contributed by atoms with E-state index in [0.717, 1.165) is 6.61 Å². The van der Waals surface area contributed by atoms with E-state index >= 15 is 0 Å². The van der Waals surface area contributed by atoms with Crippen molar-refractivity contribution in [2.75, 3.05) is 6.61 Å². The Bertz CT molecular complexity index is 293. The highest BCUT2D eigenvalue weighted by Gasteiger charge is 2.36. The first-order valence-corrected chi connectivity index (χ1v) is 14.9. The molecule has 0 aromatic carbocycles. The molecule has 0 aliphatic heterocycles. The maximum atomic E-state index is 6.25. The van der Waals surface area contributed by atoms with Crippen LogP contribution in [0.5, 0.6) is 0 Å². The van der Waals surface area contributed by atoms with Gasteiger partial charge >= 0.3 is 0 Å². The van der Waals surface area contributed by atoms with Crippen molar-refractivity contribution in [2.24, 2.45) is 0 Å². The Labute approximate surface area is 168 Å². The van der Waals surface area contributed by atoms with Crippen molar-refractivity contribution in [3.8, 4) is 0 Å². The van der Waals surface area contributed by atoms with Gasteiger partial charge in [-0.05, 0) is 24.6 Å². The first kappa shape index (κ1) is 26.2. The van der Waals surface area contributed by atoms with E-state index in [1.807, 2.05) is 0 Å². The van der Waals surface area contributed by atoms with Crippen molar-refractivity contribution < 1.29 is 4.43 Å². The van der Waals surface area contributed by atoms with Crippen molar-refractivity contribution in [1.82, 2.24) is 0 Å². The monoisotopic (exact) mass is 384 g/mol. The first-order valence-electron chi connectivity index (χ1n) is 11.9. The van der Waals surface area contributed by atoms with E-state index in [1.165, 1.54) is 103 Å². The van der Waals surface area contributed by atoms with Crippen LogP contribution in [0.2, 0.25) is 18.1 Å². The molecule has 0 saturated carbocycles. The Morgan fingerprint density at radius 1 is 0.538 bits per heavy atom. The fourth-order valence-electron chi connectivity index (χ4n) is 3.19. The number of hydrogen-bond acceptors (Lipinski definition) is 1. The summed E-state index contributed by atoms with van der Waals surface area (Å²) in [5.41, 5.74) is 0. The van der Waals surface area contributed by atoms with E-state index in [0.29, 0.717) is 5.04 Å². The van der Waals surface area contributed by atoms with Crippen molar-refractivity contribution in [3.05, 3.63) is 0 Å². The van der Waals surface area contributed by atoms with Gasteiger partial charge in [0.15, 0.2) is 8.32 Å². The van der Waals surface area contributed by atoms with Crippen LogP contribution in [0.3, 0.4) is 0 Å². The fourth-order valence-corrected chi connectivity index (χ4v) is 4.28. The molecule has 0 fully saturated rings. The first-order chi connectivity index (χ1) is 12.3. The third kappa shape index (κ3) is 15.3. The molecule has 26 heavy (non-hydrogen) atoms. The summed E-state index contributed by atoms with van der Waals surface area (Å²) in [5.74, 6) is 0. The zero-order valence-corrected chi connectivity index (χ0v) is 20.4. The lowest BCUT2D eigenvalue weighted by molar-refractivity contribution is 0.277. The van der Waals surface area contributed by atoms with Crippen LogP contribution >= 0.6 is 0 Å². The largest absolute Gasteiger partial charge is 0.417 e. The molecule has 0 spiro atoms. The molecular weight excluding hydrogens is 332 g/mol. The normalized spacial score (nSPS) is 12.7. The molecule has 0 aromatic rings. The second-order valence-electron chi connectivity index (χ2n) is 9.91. The Morgan fingerprint density at radius 2 is 0.846 bits per heavy atom. The summed E-state index contributed by atoms with van der Waals surface area (Å²) in [4.78, 5) is 0. The third-order valence-corrected chi connectivity index (χ3v) is 10.8. The van der Waals surface area contributed by atoms with E-state index in [9.17, 15) is 0 Å². The van der Waals surface area contributed by atoms with Gasteiger partial charge in [-0.1, -0.05) is 124 Å². The molecule has 0 atom stereocenters. The lowest BCUT2D eigenvalue weighted by Crippen LogP contribution is -2.40. The molecule has 1 nitrogen and oxygen atoms in total. The second kappa shape index (κ2) is 16.2. The molecule has 158 valence electrons. The summed E-state index contributed by atoms with van der Waals surface area (Å²) in [6, 6.07) is 0. The fraction of sp³-hybridized carbons (Fsp3) is 1.00. The van der Waals surface area contributed by atoms with Gasteiger partial charge in [-0.3, -0.25) is 0 Å². The number of rotatable bonds is 18. The summed E-state index contributed by atoms with van der Waals surface area (Å²) in [6.07, 6.45) is 22.9. The van der Waals surface area contributed by atoms with E-state index in [1.54, 1.807) is 0 Å². The molecule has 0 rings (SSSR count). The van der Waals surface area contributed by atoms with Crippen molar-refractivity contribution in [2.45, 2.75) is 149 Å². The summed E-state index contributed by atoms with van der Waals surface area (Å²) in [6.45, 7) is 15.0. The Balaban J connectivity index is 3.21. The van der Waals surface area contributed by atoms with E-state index < -0.39 is 8.32 Å². The molecule has 0 saturated heterocycles. The SMILES string of the molecule is CCCCCCCCCCCCCCCCCCO[Si](C)(C)C(C)(C)C. The molecule has 2 heteroatoms. The van der Waals surface area contributed by atoms with Gasteiger partial charge in [0, 0.05) is 6.61 Å². The van der Waals surface area contributed by atoms with E-state index in [2.05, 4.69) is 40.8 Å². The third-order valence-electron chi connectivity index (χ3n) is 6.27. The molecule has 0 aliphatic carbocycles. The zero-order chi connectivity index (χ0) is 19.7. The molecule has 0 bridgehead atoms. The van der Waals surface area contributed by atoms with Crippen LogP contribution in [0.25, 0.3) is 0 Å². The summed E-state index contributed by atoms with van der Waals surface area (Å²) in [5, 5.41) is 0.349. The highest BCUT2D eigenvalue weighted by Crippen LogP contribution is 2.36. The summed E-state index contributed by atoms with van der Waals surface area (Å²) < 4.78 is 6.25. The molecule has 0 aromatic heterocycles. The summed E-state index contributed by atoms with van der Waals surface area (Å²) in [7, 11) is -1.51. The van der Waals surface area contributed by atoms with Gasteiger partial charge in [-0.15, -0.1) is 0 Å². The Morgan fingerprint density at radius 3 is 1.15 bits per heavy atom. The van der Waals surface area contributed by atoms with Crippen molar-refractivity contribution in [3.63, 3.8) is 0 Å². The van der Waals surface area contributed by atoms with Crippen LogP contribution in [-0.2, 0) is 4.43 Å². The second-order valence-corrected chi connectivity index (χ2v) is 14.7. The van der Waals surface area contributed by atoms with E-state index in [4.69, 9.17) is 4.43 Å². The van der Waals surface area contributed by atoms with Gasteiger partial charge in [0.05, 0.1) is 0 Å². The molecular formula is C24H52OSi. The highest BCUT2D eigenvalue weighted by molar-refractivity contribution is 6.74. The van der Waals surface area contributed by atoms with Crippen LogP contribution < -0.4 is 0 Å². The van der Waals surface area contributed by atoms with Gasteiger partial charge < -0.3 is 4.43 Å². The van der Waals surface area contributed by atoms with Gasteiger partial charge in [-0.25, -0.2) is 0 Å². The van der Waals surface area contributed by atoms with Gasteiger partial charge in [-0.2, -0.15) is 0 Å². The molecule has 0 aliphatic rings. The summed E-state index contributed by atoms with van der Waals surface area (Å²) >= 11 is 0. The smallest absolute Gasteiger partial charge is 0.191 e. The highest BCUT2D eigenvalue weighted by atomic mass is 28.4. The minimum atomic E-state index is -1.51. The molecule has 0 amide bonds. The van der Waals surface area contributed by atoms with Crippen molar-refractivity contribution >= 4 is 8.32 Å². The van der Waals surface area contributed by atoms with Crippen LogP contribution in [-0.4, -0.2) is 14.9 Å². The molecule has 0 heterocycles. The lowest BCUT2D eigenvalue weighted by Gasteiger charge is -2.36. The van der Waals surface area contributed by atoms with Crippen LogP contribution in [0.15, 0.2) is 0 Å². The standard InChI is InChI=1S/C24H52OSi/c1-7-8-9-10-11-12-13-14-15-16-17-18-19-20-21-22-23-25-26(5,6)24(2,3)4/h7-23H2,1-6H3. The van der Waals surface area contributed by atoms with Gasteiger partial charge in [0.1, 0.15) is 0 Å². The van der Waals surface area contributed by atoms with Crippen LogP contribution in [0, 0.1) is 0 Å². The van der Waals surface area contributed by atoms with Crippen LogP contribution in [0.4, 0.5) is 0 Å². The molecule has 0 radical (unpaired) electrons. The predicted octanol–water partition coefficient (Wildman–Crippen LogP) is 9.27. The van der Waals surface area contributed by atoms with Crippen molar-refractivity contribution in [1.29, 1.82) is 0 Å². The zero-order valence-electron chi connectivity index (χ0n) is 19.4. The Hall–Kier alpha value is 0.177. The average molecular weight is 385 g/mol. The van der Waals surface area contributed by atoms with Gasteiger partial charge in [0.25, 0.3) is 0 Å². The van der Waals surface area contributed by atoms with E-state index in [-0.39, 0.29) is 0 Å². The quantitative estimate of drug-likeness (QED) is 0.169. The topological polar surface area (TPSA) is 9.23 Å². The maximum absolute atomic E-state index is 6.25. The maximum Gasteiger partial charge on any atom is 0.191 e. The molecule has 0 N–H and O–H groups in total. The average Bonchev–Trinajstić information content (AvgIpc) is 2.56. The minimum absolute atomic E-state index is 0.349.